The highest BCUT2D eigenvalue weighted by Crippen LogP contribution is 2.15. The fraction of sp³-hybridized carbons (Fsp3) is 0.571. The molecular formula is C7H11NO5S. The van der Waals surface area contributed by atoms with Crippen LogP contribution < -0.4 is 5.73 Å². The predicted octanol–water partition coefficient (Wildman–Crippen LogP) is -0.477. The Kier molecular flexibility index (Phi) is 5.70. The van der Waals surface area contributed by atoms with Gasteiger partial charge in [-0.3, -0.25) is 14.4 Å². The van der Waals surface area contributed by atoms with Crippen LogP contribution in [0.2, 0.25) is 0 Å². The Balaban J connectivity index is 3.91. The molecule has 0 aliphatic carbocycles. The van der Waals surface area contributed by atoms with E-state index >= 15 is 0 Å². The van der Waals surface area contributed by atoms with E-state index in [1.165, 1.54) is 0 Å². The van der Waals surface area contributed by atoms with Crippen molar-refractivity contribution in [3.05, 3.63) is 0 Å². The minimum Gasteiger partial charge on any atom is -0.481 e. The van der Waals surface area contributed by atoms with Gasteiger partial charge >= 0.3 is 11.9 Å². The third-order valence-electron chi connectivity index (χ3n) is 1.30. The van der Waals surface area contributed by atoms with Gasteiger partial charge in [-0.15, -0.1) is 11.8 Å². The highest BCUT2D eigenvalue weighted by atomic mass is 32.2. The first-order valence-corrected chi connectivity index (χ1v) is 4.83. The highest BCUT2D eigenvalue weighted by molar-refractivity contribution is 8.00. The van der Waals surface area contributed by atoms with E-state index in [1.807, 2.05) is 0 Å². The van der Waals surface area contributed by atoms with E-state index in [4.69, 9.17) is 15.9 Å². The van der Waals surface area contributed by atoms with Crippen molar-refractivity contribution in [2.24, 2.45) is 5.73 Å². The van der Waals surface area contributed by atoms with Crippen molar-refractivity contribution in [1.29, 1.82) is 0 Å². The Labute approximate surface area is 84.5 Å². The van der Waals surface area contributed by atoms with Crippen molar-refractivity contribution < 1.29 is 24.6 Å². The van der Waals surface area contributed by atoms with Crippen molar-refractivity contribution in [2.45, 2.75) is 18.1 Å². The maximum atomic E-state index is 10.5. The third kappa shape index (κ3) is 6.30. The van der Waals surface area contributed by atoms with E-state index in [-0.39, 0.29) is 12.2 Å². The fourth-order valence-electron chi connectivity index (χ4n) is 0.678. The molecule has 0 aliphatic rings. The van der Waals surface area contributed by atoms with Crippen molar-refractivity contribution in [3.63, 3.8) is 0 Å². The molecule has 0 saturated carbocycles. The molecular weight excluding hydrogens is 210 g/mol. The topological polar surface area (TPSA) is 118 Å². The maximum absolute atomic E-state index is 10.5. The van der Waals surface area contributed by atoms with Gasteiger partial charge in [-0.1, -0.05) is 0 Å². The number of aliphatic carboxylic acids is 2. The summed E-state index contributed by atoms with van der Waals surface area (Å²) in [7, 11) is 0. The molecule has 4 N–H and O–H groups in total. The highest BCUT2D eigenvalue weighted by Gasteiger charge is 2.21. The van der Waals surface area contributed by atoms with E-state index < -0.39 is 29.5 Å². The van der Waals surface area contributed by atoms with Crippen LogP contribution >= 0.6 is 11.8 Å². The Hall–Kier alpha value is -1.24. The summed E-state index contributed by atoms with van der Waals surface area (Å²) < 4.78 is 0. The van der Waals surface area contributed by atoms with Gasteiger partial charge in [0.25, 0.3) is 0 Å². The van der Waals surface area contributed by atoms with Crippen LogP contribution in [-0.4, -0.2) is 39.1 Å². The molecule has 1 atom stereocenters. The molecule has 80 valence electrons. The molecule has 0 radical (unpaired) electrons. The van der Waals surface area contributed by atoms with Gasteiger partial charge in [0.1, 0.15) is 5.25 Å². The zero-order valence-electron chi connectivity index (χ0n) is 7.30. The van der Waals surface area contributed by atoms with Gasteiger partial charge in [0.15, 0.2) is 0 Å². The first kappa shape index (κ1) is 12.8. The molecule has 14 heavy (non-hydrogen) atoms. The molecule has 0 fully saturated rings. The van der Waals surface area contributed by atoms with Crippen molar-refractivity contribution in [2.75, 3.05) is 5.75 Å². The van der Waals surface area contributed by atoms with Crippen LogP contribution in [0.5, 0.6) is 0 Å². The molecule has 0 rings (SSSR count). The van der Waals surface area contributed by atoms with E-state index in [9.17, 15) is 14.4 Å². The average Bonchev–Trinajstić information content (AvgIpc) is 2.00. The summed E-state index contributed by atoms with van der Waals surface area (Å²) >= 11 is 0.905. The quantitative estimate of drug-likeness (QED) is 0.534. The lowest BCUT2D eigenvalue weighted by Crippen LogP contribution is -2.21. The normalized spacial score (nSPS) is 12.0. The molecule has 0 saturated heterocycles. The SMILES string of the molecule is NC(=O)CCSC(CC(=O)O)C(=O)O. The van der Waals surface area contributed by atoms with Gasteiger partial charge in [-0.2, -0.15) is 0 Å². The molecule has 0 aromatic carbocycles. The number of nitrogens with two attached hydrogens (primary N) is 1. The second kappa shape index (κ2) is 6.25. The van der Waals surface area contributed by atoms with Gasteiger partial charge in [-0.25, -0.2) is 0 Å². The molecule has 0 heterocycles. The average molecular weight is 221 g/mol. The molecule has 0 bridgehead atoms. The van der Waals surface area contributed by atoms with Gasteiger partial charge < -0.3 is 15.9 Å². The first-order chi connectivity index (χ1) is 6.43. The van der Waals surface area contributed by atoms with Crippen molar-refractivity contribution >= 4 is 29.6 Å². The summed E-state index contributed by atoms with van der Waals surface area (Å²) in [6, 6.07) is 0. The van der Waals surface area contributed by atoms with Gasteiger partial charge in [0.05, 0.1) is 6.42 Å². The minimum absolute atomic E-state index is 0.0497. The second-order valence-electron chi connectivity index (χ2n) is 2.51. The number of carboxylic acid groups (broad SMARTS) is 2. The monoisotopic (exact) mass is 221 g/mol. The predicted molar refractivity (Wildman–Crippen MR) is 49.9 cm³/mol. The number of rotatable bonds is 7. The summed E-state index contributed by atoms with van der Waals surface area (Å²) in [5, 5.41) is 15.9. The Morgan fingerprint density at radius 1 is 1.29 bits per heavy atom. The summed E-state index contributed by atoms with van der Waals surface area (Å²) in [6.45, 7) is 0. The lowest BCUT2D eigenvalue weighted by Gasteiger charge is -2.07. The number of hydrogen-bond acceptors (Lipinski definition) is 4. The first-order valence-electron chi connectivity index (χ1n) is 3.78. The number of amides is 1. The number of carbonyl (C=O) groups is 3. The van der Waals surface area contributed by atoms with E-state index in [0.29, 0.717) is 0 Å². The summed E-state index contributed by atoms with van der Waals surface area (Å²) in [5.74, 6) is -2.68. The Bertz CT molecular complexity index is 242. The second-order valence-corrected chi connectivity index (χ2v) is 3.82. The van der Waals surface area contributed by atoms with Gasteiger partial charge in [-0.05, 0) is 0 Å². The van der Waals surface area contributed by atoms with E-state index in [0.717, 1.165) is 11.8 Å². The number of primary amides is 1. The van der Waals surface area contributed by atoms with Crippen LogP contribution in [0, 0.1) is 0 Å². The third-order valence-corrected chi connectivity index (χ3v) is 2.51. The molecule has 1 unspecified atom stereocenters. The van der Waals surface area contributed by atoms with Crippen LogP contribution in [0.25, 0.3) is 0 Å². The summed E-state index contributed by atoms with van der Waals surface area (Å²) in [4.78, 5) is 31.1. The molecule has 0 aromatic rings. The molecule has 0 spiro atoms. The van der Waals surface area contributed by atoms with Gasteiger partial charge in [0, 0.05) is 12.2 Å². The number of carboxylic acids is 2. The molecule has 0 aromatic heterocycles. The largest absolute Gasteiger partial charge is 0.481 e. The summed E-state index contributed by atoms with van der Waals surface area (Å²) in [5.41, 5.74) is 4.84. The molecule has 0 aliphatic heterocycles. The van der Waals surface area contributed by atoms with Crippen molar-refractivity contribution in [1.82, 2.24) is 0 Å². The zero-order valence-corrected chi connectivity index (χ0v) is 8.12. The number of carbonyl (C=O) groups excluding carboxylic acids is 1. The molecule has 7 heteroatoms. The fourth-order valence-corrected chi connectivity index (χ4v) is 1.68. The smallest absolute Gasteiger partial charge is 0.317 e. The van der Waals surface area contributed by atoms with Crippen LogP contribution in [-0.2, 0) is 14.4 Å². The summed E-state index contributed by atoms with van der Waals surface area (Å²) in [6.07, 6.45) is -0.410. The number of hydrogen-bond donors (Lipinski definition) is 3. The molecule has 6 nitrogen and oxygen atoms in total. The Morgan fingerprint density at radius 2 is 1.86 bits per heavy atom. The van der Waals surface area contributed by atoms with E-state index in [1.54, 1.807) is 0 Å². The lowest BCUT2D eigenvalue weighted by molar-refractivity contribution is -0.142. The van der Waals surface area contributed by atoms with Gasteiger partial charge in [0.2, 0.25) is 5.91 Å². The maximum Gasteiger partial charge on any atom is 0.317 e. The van der Waals surface area contributed by atoms with Crippen LogP contribution in [0.3, 0.4) is 0 Å². The Morgan fingerprint density at radius 3 is 2.21 bits per heavy atom. The van der Waals surface area contributed by atoms with Crippen molar-refractivity contribution in [3.8, 4) is 0 Å². The molecule has 1 amide bonds. The van der Waals surface area contributed by atoms with E-state index in [2.05, 4.69) is 0 Å². The lowest BCUT2D eigenvalue weighted by atomic mass is 10.3. The number of thioether (sulfide) groups is 1. The van der Waals surface area contributed by atoms with Crippen LogP contribution in [0.4, 0.5) is 0 Å². The van der Waals surface area contributed by atoms with Crippen LogP contribution in [0.1, 0.15) is 12.8 Å². The minimum atomic E-state index is -1.19. The van der Waals surface area contributed by atoms with Crippen LogP contribution in [0.15, 0.2) is 0 Å². The zero-order chi connectivity index (χ0) is 11.1. The standard InChI is InChI=1S/C7H11NO5S/c8-5(9)1-2-14-4(7(12)13)3-6(10)11/h4H,1-3H2,(H2,8,9)(H,10,11)(H,12,13).